The largest absolute Gasteiger partial charge is 0.300 e. The highest BCUT2D eigenvalue weighted by Crippen LogP contribution is 2.55. The van der Waals surface area contributed by atoms with Crippen LogP contribution < -0.4 is 0 Å². The summed E-state index contributed by atoms with van der Waals surface area (Å²) in [4.78, 5) is 10.8. The Morgan fingerprint density at radius 3 is 2.40 bits per heavy atom. The van der Waals surface area contributed by atoms with Crippen LogP contribution in [0, 0.1) is 0 Å². The van der Waals surface area contributed by atoms with Gasteiger partial charge in [-0.1, -0.05) is 11.6 Å². The van der Waals surface area contributed by atoms with E-state index in [0.29, 0.717) is 11.2 Å². The van der Waals surface area contributed by atoms with Crippen LogP contribution in [0.25, 0.3) is 0 Å². The van der Waals surface area contributed by atoms with E-state index in [-0.39, 0.29) is 5.78 Å². The quantitative estimate of drug-likeness (QED) is 0.503. The van der Waals surface area contributed by atoms with Crippen molar-refractivity contribution in [1.82, 2.24) is 0 Å². The molecule has 15 heavy (non-hydrogen) atoms. The number of allylic oxidation sites excluding steroid dienone is 2. The van der Waals surface area contributed by atoms with Gasteiger partial charge >= 0.3 is 0 Å². The molecular weight excluding hydrogens is 204 g/mol. The Labute approximate surface area is 97.7 Å². The van der Waals surface area contributed by atoms with Gasteiger partial charge in [0.2, 0.25) is 0 Å². The first-order chi connectivity index (χ1) is 6.92. The molecular formula is C13H22OS. The van der Waals surface area contributed by atoms with Crippen LogP contribution in [0.2, 0.25) is 0 Å². The second-order valence-electron chi connectivity index (χ2n) is 5.04. The summed E-state index contributed by atoms with van der Waals surface area (Å²) in [5.74, 6) is 0.290. The number of rotatable bonds is 6. The SMILES string of the molecule is CC(=O)CC/C=C(\C)CCC1SC1(C)C. The van der Waals surface area contributed by atoms with Gasteiger partial charge < -0.3 is 4.79 Å². The average molecular weight is 226 g/mol. The van der Waals surface area contributed by atoms with Crippen molar-refractivity contribution in [3.8, 4) is 0 Å². The lowest BCUT2D eigenvalue weighted by Crippen LogP contribution is -2.02. The fourth-order valence-corrected chi connectivity index (χ4v) is 2.74. The summed E-state index contributed by atoms with van der Waals surface area (Å²) in [6, 6.07) is 0. The average Bonchev–Trinajstić information content (AvgIpc) is 2.70. The van der Waals surface area contributed by atoms with E-state index in [9.17, 15) is 4.79 Å². The molecule has 0 N–H and O–H groups in total. The van der Waals surface area contributed by atoms with Crippen LogP contribution in [0.4, 0.5) is 0 Å². The van der Waals surface area contributed by atoms with Gasteiger partial charge in [0.1, 0.15) is 5.78 Å². The zero-order chi connectivity index (χ0) is 11.5. The summed E-state index contributed by atoms with van der Waals surface area (Å²) in [5, 5.41) is 0.855. The molecule has 0 bridgehead atoms. The van der Waals surface area contributed by atoms with Gasteiger partial charge in [0.05, 0.1) is 0 Å². The Morgan fingerprint density at radius 2 is 1.93 bits per heavy atom. The maximum absolute atomic E-state index is 10.8. The molecule has 0 aromatic rings. The van der Waals surface area contributed by atoms with Crippen molar-refractivity contribution in [2.24, 2.45) is 0 Å². The lowest BCUT2D eigenvalue weighted by atomic mass is 10.0. The monoisotopic (exact) mass is 226 g/mol. The zero-order valence-corrected chi connectivity index (χ0v) is 11.1. The van der Waals surface area contributed by atoms with Gasteiger partial charge in [0, 0.05) is 16.4 Å². The number of hydrogen-bond donors (Lipinski definition) is 0. The molecule has 0 amide bonds. The minimum absolute atomic E-state index is 0.290. The molecule has 1 unspecified atom stereocenters. The van der Waals surface area contributed by atoms with E-state index in [0.717, 1.165) is 11.7 Å². The van der Waals surface area contributed by atoms with Gasteiger partial charge in [-0.05, 0) is 47.0 Å². The van der Waals surface area contributed by atoms with Crippen molar-refractivity contribution in [1.29, 1.82) is 0 Å². The molecule has 1 atom stereocenters. The number of Topliss-reactive ketones (excluding diaryl/α,β-unsaturated/α-hetero) is 1. The second kappa shape index (κ2) is 5.20. The fourth-order valence-electron chi connectivity index (χ4n) is 1.72. The third-order valence-corrected chi connectivity index (χ3v) is 4.70. The normalized spacial score (nSPS) is 24.0. The van der Waals surface area contributed by atoms with Gasteiger partial charge in [-0.3, -0.25) is 0 Å². The Hall–Kier alpha value is -0.240. The van der Waals surface area contributed by atoms with Crippen LogP contribution in [-0.4, -0.2) is 15.8 Å². The van der Waals surface area contributed by atoms with Gasteiger partial charge in [-0.25, -0.2) is 0 Å². The summed E-state index contributed by atoms with van der Waals surface area (Å²) in [6.45, 7) is 8.47. The standard InChI is InChI=1S/C13H22OS/c1-10(6-5-7-11(2)14)8-9-12-13(3,4)15-12/h6,12H,5,7-9H2,1-4H3/b10-6+. The molecule has 1 saturated heterocycles. The molecule has 0 radical (unpaired) electrons. The molecule has 1 rings (SSSR count). The van der Waals surface area contributed by atoms with Gasteiger partial charge in [0.15, 0.2) is 0 Å². The first-order valence-electron chi connectivity index (χ1n) is 5.74. The van der Waals surface area contributed by atoms with Gasteiger partial charge in [0.25, 0.3) is 0 Å². The van der Waals surface area contributed by atoms with Crippen LogP contribution in [0.3, 0.4) is 0 Å². The molecule has 1 fully saturated rings. The summed E-state index contributed by atoms with van der Waals surface area (Å²) in [7, 11) is 0. The smallest absolute Gasteiger partial charge is 0.130 e. The zero-order valence-electron chi connectivity index (χ0n) is 10.3. The Balaban J connectivity index is 2.13. The van der Waals surface area contributed by atoms with Crippen molar-refractivity contribution in [3.63, 3.8) is 0 Å². The van der Waals surface area contributed by atoms with Crippen molar-refractivity contribution in [2.45, 2.75) is 63.4 Å². The first-order valence-corrected chi connectivity index (χ1v) is 6.62. The molecule has 0 spiro atoms. The summed E-state index contributed by atoms with van der Waals surface area (Å²) >= 11 is 2.08. The van der Waals surface area contributed by atoms with Crippen LogP contribution in [0.15, 0.2) is 11.6 Å². The van der Waals surface area contributed by atoms with E-state index in [2.05, 4.69) is 38.6 Å². The van der Waals surface area contributed by atoms with E-state index in [1.165, 1.54) is 18.4 Å². The van der Waals surface area contributed by atoms with Crippen molar-refractivity contribution in [3.05, 3.63) is 11.6 Å². The van der Waals surface area contributed by atoms with Crippen molar-refractivity contribution in [2.75, 3.05) is 0 Å². The molecule has 1 aliphatic heterocycles. The molecule has 1 aliphatic rings. The van der Waals surface area contributed by atoms with Crippen LogP contribution in [0.1, 0.15) is 53.4 Å². The van der Waals surface area contributed by atoms with Crippen LogP contribution in [0.5, 0.6) is 0 Å². The maximum atomic E-state index is 10.8. The molecule has 1 nitrogen and oxygen atoms in total. The minimum Gasteiger partial charge on any atom is -0.300 e. The number of carbonyl (C=O) groups is 1. The van der Waals surface area contributed by atoms with E-state index in [4.69, 9.17) is 0 Å². The highest BCUT2D eigenvalue weighted by atomic mass is 32.2. The Bertz CT molecular complexity index is 266. The molecule has 1 heterocycles. The molecule has 0 aromatic carbocycles. The van der Waals surface area contributed by atoms with Crippen LogP contribution >= 0.6 is 11.8 Å². The third-order valence-electron chi connectivity index (χ3n) is 2.95. The van der Waals surface area contributed by atoms with E-state index < -0.39 is 0 Å². The summed E-state index contributed by atoms with van der Waals surface area (Å²) in [5.41, 5.74) is 1.44. The first kappa shape index (κ1) is 12.8. The number of carbonyl (C=O) groups excluding carboxylic acids is 1. The number of hydrogen-bond acceptors (Lipinski definition) is 2. The maximum Gasteiger partial charge on any atom is 0.130 e. The Morgan fingerprint density at radius 1 is 1.33 bits per heavy atom. The van der Waals surface area contributed by atoms with E-state index in [1.54, 1.807) is 6.92 Å². The second-order valence-corrected chi connectivity index (χ2v) is 6.90. The highest BCUT2D eigenvalue weighted by Gasteiger charge is 2.45. The Kier molecular flexibility index (Phi) is 4.45. The fraction of sp³-hybridized carbons (Fsp3) is 0.769. The van der Waals surface area contributed by atoms with Crippen molar-refractivity contribution < 1.29 is 4.79 Å². The number of ketones is 1. The molecule has 0 aromatic heterocycles. The van der Waals surface area contributed by atoms with Gasteiger partial charge in [-0.2, -0.15) is 0 Å². The summed E-state index contributed by atoms with van der Waals surface area (Å²) < 4.78 is 0.527. The topological polar surface area (TPSA) is 17.1 Å². The van der Waals surface area contributed by atoms with Gasteiger partial charge in [-0.15, -0.1) is 11.8 Å². The molecule has 86 valence electrons. The molecule has 0 saturated carbocycles. The number of thioether (sulfide) groups is 1. The highest BCUT2D eigenvalue weighted by molar-refractivity contribution is 8.08. The molecule has 0 aliphatic carbocycles. The van der Waals surface area contributed by atoms with Crippen molar-refractivity contribution >= 4 is 17.5 Å². The minimum atomic E-state index is 0.290. The third kappa shape index (κ3) is 4.87. The predicted molar refractivity (Wildman–Crippen MR) is 68.4 cm³/mol. The molecule has 2 heteroatoms. The lowest BCUT2D eigenvalue weighted by Gasteiger charge is -2.02. The van der Waals surface area contributed by atoms with E-state index >= 15 is 0 Å². The van der Waals surface area contributed by atoms with E-state index in [1.807, 2.05) is 0 Å². The summed E-state index contributed by atoms with van der Waals surface area (Å²) in [6.07, 6.45) is 6.32. The predicted octanol–water partition coefficient (Wildman–Crippen LogP) is 3.98. The lowest BCUT2D eigenvalue weighted by molar-refractivity contribution is -0.116. The van der Waals surface area contributed by atoms with Crippen LogP contribution in [-0.2, 0) is 4.79 Å².